The molecule has 1 amide bonds. The van der Waals surface area contributed by atoms with Gasteiger partial charge in [-0.15, -0.1) is 0 Å². The maximum absolute atomic E-state index is 12.1. The summed E-state index contributed by atoms with van der Waals surface area (Å²) in [5, 5.41) is 2.86. The van der Waals surface area contributed by atoms with Crippen LogP contribution in [0, 0.1) is 12.8 Å². The smallest absolute Gasteiger partial charge is 0.241 e. The molecule has 0 saturated carbocycles. The van der Waals surface area contributed by atoms with Gasteiger partial charge in [0.1, 0.15) is 5.75 Å². The molecule has 5 heteroatoms. The summed E-state index contributed by atoms with van der Waals surface area (Å²) >= 11 is 3.40. The van der Waals surface area contributed by atoms with Crippen LogP contribution in [-0.2, 0) is 4.79 Å². The molecule has 0 fully saturated rings. The van der Waals surface area contributed by atoms with E-state index in [-0.39, 0.29) is 11.8 Å². The van der Waals surface area contributed by atoms with Crippen molar-refractivity contribution in [3.8, 4) is 5.75 Å². The van der Waals surface area contributed by atoms with Crippen LogP contribution in [0.15, 0.2) is 16.6 Å². The Hall–Kier alpha value is -1.07. The van der Waals surface area contributed by atoms with Gasteiger partial charge in [0.25, 0.3) is 0 Å². The van der Waals surface area contributed by atoms with Gasteiger partial charge >= 0.3 is 0 Å². The molecule has 0 radical (unpaired) electrons. The zero-order valence-corrected chi connectivity index (χ0v) is 13.4. The van der Waals surface area contributed by atoms with E-state index in [0.29, 0.717) is 11.4 Å². The molecule has 19 heavy (non-hydrogen) atoms. The highest BCUT2D eigenvalue weighted by Gasteiger charge is 2.21. The second-order valence-electron chi connectivity index (χ2n) is 4.70. The SMILES string of the molecule is CCC(C)C(N)C(=O)Nc1c(C)cc(Br)cc1OC. The predicted molar refractivity (Wildman–Crippen MR) is 81.5 cm³/mol. The Kier molecular flexibility index (Phi) is 5.82. The van der Waals surface area contributed by atoms with Crippen LogP contribution in [0.3, 0.4) is 0 Å². The summed E-state index contributed by atoms with van der Waals surface area (Å²) in [5.41, 5.74) is 7.53. The van der Waals surface area contributed by atoms with Gasteiger partial charge in [-0.05, 0) is 30.5 Å². The number of carbonyl (C=O) groups is 1. The van der Waals surface area contributed by atoms with E-state index in [2.05, 4.69) is 21.2 Å². The lowest BCUT2D eigenvalue weighted by molar-refractivity contribution is -0.118. The normalized spacial score (nSPS) is 13.8. The van der Waals surface area contributed by atoms with Crippen LogP contribution in [0.4, 0.5) is 5.69 Å². The lowest BCUT2D eigenvalue weighted by Gasteiger charge is -2.20. The molecule has 1 rings (SSSR count). The third kappa shape index (κ3) is 3.94. The van der Waals surface area contributed by atoms with Crippen LogP contribution in [0.1, 0.15) is 25.8 Å². The number of hydrogen-bond acceptors (Lipinski definition) is 3. The molecule has 0 aliphatic carbocycles. The van der Waals surface area contributed by atoms with Gasteiger partial charge in [0.05, 0.1) is 18.8 Å². The Morgan fingerprint density at radius 3 is 2.68 bits per heavy atom. The number of benzene rings is 1. The van der Waals surface area contributed by atoms with E-state index in [4.69, 9.17) is 10.5 Å². The summed E-state index contributed by atoms with van der Waals surface area (Å²) in [7, 11) is 1.57. The molecular weight excluding hydrogens is 308 g/mol. The first-order valence-electron chi connectivity index (χ1n) is 6.31. The second kappa shape index (κ2) is 6.91. The van der Waals surface area contributed by atoms with E-state index < -0.39 is 6.04 Å². The van der Waals surface area contributed by atoms with E-state index in [1.54, 1.807) is 7.11 Å². The number of carbonyl (C=O) groups excluding carboxylic acids is 1. The molecule has 4 nitrogen and oxygen atoms in total. The summed E-state index contributed by atoms with van der Waals surface area (Å²) in [6.07, 6.45) is 0.866. The van der Waals surface area contributed by atoms with Crippen molar-refractivity contribution < 1.29 is 9.53 Å². The molecule has 1 aromatic rings. The van der Waals surface area contributed by atoms with Crippen molar-refractivity contribution in [2.24, 2.45) is 11.7 Å². The van der Waals surface area contributed by atoms with Crippen molar-refractivity contribution in [1.29, 1.82) is 0 Å². The van der Waals surface area contributed by atoms with Gasteiger partial charge in [0.2, 0.25) is 5.91 Å². The maximum atomic E-state index is 12.1. The lowest BCUT2D eigenvalue weighted by atomic mass is 9.99. The fourth-order valence-corrected chi connectivity index (χ4v) is 2.30. The van der Waals surface area contributed by atoms with Crippen molar-refractivity contribution >= 4 is 27.5 Å². The highest BCUT2D eigenvalue weighted by Crippen LogP contribution is 2.32. The third-order valence-corrected chi connectivity index (χ3v) is 3.75. The first-order chi connectivity index (χ1) is 8.90. The van der Waals surface area contributed by atoms with Crippen molar-refractivity contribution in [3.05, 3.63) is 22.2 Å². The largest absolute Gasteiger partial charge is 0.495 e. The Bertz CT molecular complexity index is 463. The summed E-state index contributed by atoms with van der Waals surface area (Å²) in [6.45, 7) is 5.90. The Labute approximate surface area is 122 Å². The standard InChI is InChI=1S/C14H21BrN2O2/c1-5-8(2)12(16)14(18)17-13-9(3)6-10(15)7-11(13)19-4/h6-8,12H,5,16H2,1-4H3,(H,17,18). The van der Waals surface area contributed by atoms with Gasteiger partial charge in [0.15, 0.2) is 0 Å². The fourth-order valence-electron chi connectivity index (χ4n) is 1.75. The quantitative estimate of drug-likeness (QED) is 0.872. The monoisotopic (exact) mass is 328 g/mol. The van der Waals surface area contributed by atoms with E-state index in [0.717, 1.165) is 16.5 Å². The van der Waals surface area contributed by atoms with Crippen LogP contribution in [-0.4, -0.2) is 19.1 Å². The third-order valence-electron chi connectivity index (χ3n) is 3.29. The highest BCUT2D eigenvalue weighted by molar-refractivity contribution is 9.10. The van der Waals surface area contributed by atoms with E-state index in [9.17, 15) is 4.79 Å². The molecule has 0 bridgehead atoms. The molecule has 106 valence electrons. The number of ether oxygens (including phenoxy) is 1. The van der Waals surface area contributed by atoms with Crippen LogP contribution >= 0.6 is 15.9 Å². The molecule has 1 aromatic carbocycles. The fraction of sp³-hybridized carbons (Fsp3) is 0.500. The first-order valence-corrected chi connectivity index (χ1v) is 7.10. The number of aryl methyl sites for hydroxylation is 1. The number of rotatable bonds is 5. The number of nitrogens with two attached hydrogens (primary N) is 1. The van der Waals surface area contributed by atoms with Crippen LogP contribution in [0.25, 0.3) is 0 Å². The zero-order valence-electron chi connectivity index (χ0n) is 11.8. The van der Waals surface area contributed by atoms with Crippen LogP contribution in [0.5, 0.6) is 5.75 Å². The van der Waals surface area contributed by atoms with Crippen molar-refractivity contribution in [2.75, 3.05) is 12.4 Å². The molecular formula is C14H21BrN2O2. The van der Waals surface area contributed by atoms with Crippen molar-refractivity contribution in [1.82, 2.24) is 0 Å². The molecule has 0 heterocycles. The molecule has 0 aromatic heterocycles. The number of anilines is 1. The van der Waals surface area contributed by atoms with Crippen molar-refractivity contribution in [2.45, 2.75) is 33.2 Å². The van der Waals surface area contributed by atoms with Gasteiger partial charge in [-0.2, -0.15) is 0 Å². The molecule has 0 saturated heterocycles. The average molecular weight is 329 g/mol. The number of hydrogen-bond donors (Lipinski definition) is 2. The molecule has 3 N–H and O–H groups in total. The summed E-state index contributed by atoms with van der Waals surface area (Å²) in [4.78, 5) is 12.1. The zero-order chi connectivity index (χ0) is 14.6. The molecule has 0 spiro atoms. The minimum absolute atomic E-state index is 0.141. The molecule has 0 aliphatic rings. The number of nitrogens with one attached hydrogen (secondary N) is 1. The van der Waals surface area contributed by atoms with E-state index in [1.165, 1.54) is 0 Å². The number of methoxy groups -OCH3 is 1. The van der Waals surface area contributed by atoms with Gasteiger partial charge in [-0.25, -0.2) is 0 Å². The minimum Gasteiger partial charge on any atom is -0.495 e. The second-order valence-corrected chi connectivity index (χ2v) is 5.62. The van der Waals surface area contributed by atoms with Gasteiger partial charge in [0, 0.05) is 4.47 Å². The van der Waals surface area contributed by atoms with Crippen molar-refractivity contribution in [3.63, 3.8) is 0 Å². The average Bonchev–Trinajstić information content (AvgIpc) is 2.39. The summed E-state index contributed by atoms with van der Waals surface area (Å²) < 4.78 is 6.20. The maximum Gasteiger partial charge on any atom is 0.241 e. The lowest BCUT2D eigenvalue weighted by Crippen LogP contribution is -2.40. The van der Waals surface area contributed by atoms with E-state index >= 15 is 0 Å². The van der Waals surface area contributed by atoms with E-state index in [1.807, 2.05) is 32.9 Å². The Morgan fingerprint density at radius 1 is 1.53 bits per heavy atom. The highest BCUT2D eigenvalue weighted by atomic mass is 79.9. The topological polar surface area (TPSA) is 64.4 Å². The van der Waals surface area contributed by atoms with Crippen LogP contribution in [0.2, 0.25) is 0 Å². The van der Waals surface area contributed by atoms with Gasteiger partial charge in [-0.1, -0.05) is 36.2 Å². The summed E-state index contributed by atoms with van der Waals surface area (Å²) in [5.74, 6) is 0.580. The number of halogens is 1. The Morgan fingerprint density at radius 2 is 2.16 bits per heavy atom. The Balaban J connectivity index is 2.96. The first kappa shape index (κ1) is 16.0. The molecule has 2 atom stereocenters. The van der Waals surface area contributed by atoms with Gasteiger partial charge in [-0.3, -0.25) is 4.79 Å². The minimum atomic E-state index is -0.516. The predicted octanol–water partition coefficient (Wildman–Crippen LogP) is 3.08. The number of amides is 1. The molecule has 0 aliphatic heterocycles. The molecule has 2 unspecified atom stereocenters. The van der Waals surface area contributed by atoms with Crippen LogP contribution < -0.4 is 15.8 Å². The summed E-state index contributed by atoms with van der Waals surface area (Å²) in [6, 6.07) is 3.22. The van der Waals surface area contributed by atoms with Gasteiger partial charge < -0.3 is 15.8 Å².